The van der Waals surface area contributed by atoms with E-state index in [0.717, 1.165) is 42.0 Å². The molecule has 0 fully saturated rings. The predicted octanol–water partition coefficient (Wildman–Crippen LogP) is 4.35. The first kappa shape index (κ1) is 26.0. The van der Waals surface area contributed by atoms with Crippen molar-refractivity contribution in [2.75, 3.05) is 49.8 Å². The van der Waals surface area contributed by atoms with Crippen LogP contribution >= 0.6 is 0 Å². The van der Waals surface area contributed by atoms with E-state index in [-0.39, 0.29) is 11.8 Å². The number of nitrogens with zero attached hydrogens (tertiary/aromatic N) is 2. The minimum Gasteiger partial charge on any atom is -0.465 e. The number of ether oxygens (including phenoxy) is 1. The van der Waals surface area contributed by atoms with E-state index >= 15 is 0 Å². The van der Waals surface area contributed by atoms with Crippen LogP contribution in [-0.2, 0) is 14.3 Å². The number of rotatable bonds is 10. The lowest BCUT2D eigenvalue weighted by Crippen LogP contribution is -2.31. The second-order valence-electron chi connectivity index (χ2n) is 8.81. The molecule has 0 saturated carbocycles. The molecule has 0 atom stereocenters. The number of nitrogens with one attached hydrogen (secondary N) is 2. The smallest absolute Gasteiger partial charge is 0.337 e. The molecule has 3 rings (SSSR count). The monoisotopic (exact) mass is 478 g/mol. The van der Waals surface area contributed by atoms with Gasteiger partial charge < -0.3 is 25.2 Å². The molecule has 1 aliphatic rings. The fourth-order valence-corrected chi connectivity index (χ4v) is 4.13. The van der Waals surface area contributed by atoms with Crippen LogP contribution in [0.2, 0.25) is 0 Å². The van der Waals surface area contributed by atoms with Crippen molar-refractivity contribution in [2.24, 2.45) is 0 Å². The van der Waals surface area contributed by atoms with Crippen molar-refractivity contribution in [3.8, 4) is 0 Å². The Kier molecular flexibility index (Phi) is 8.65. The summed E-state index contributed by atoms with van der Waals surface area (Å²) in [4.78, 5) is 40.8. The first-order chi connectivity index (χ1) is 16.7. The van der Waals surface area contributed by atoms with Crippen molar-refractivity contribution in [3.63, 3.8) is 0 Å². The standard InChI is InChI=1S/C27H34N4O4/c1-6-8-23(25-22-14-9-19(27(34)35-5)17-24(22)29-26(25)33)28-20-10-12-21(13-11-20)31(18(2)32)16-7-15-30(3)4/h9-14,17,28H,6-8,15-16H2,1-5H3,(H,29,33). The van der Waals surface area contributed by atoms with Crippen molar-refractivity contribution < 1.29 is 19.1 Å². The highest BCUT2D eigenvalue weighted by molar-refractivity contribution is 6.32. The maximum Gasteiger partial charge on any atom is 0.337 e. The molecular formula is C27H34N4O4. The van der Waals surface area contributed by atoms with E-state index < -0.39 is 5.97 Å². The molecule has 0 spiro atoms. The number of fused-ring (bicyclic) bond motifs is 1. The number of esters is 1. The SMILES string of the molecule is CCCC(Nc1ccc(N(CCCN(C)C)C(C)=O)cc1)=C1C(=O)Nc2cc(C(=O)OC)ccc21. The second-order valence-corrected chi connectivity index (χ2v) is 8.81. The van der Waals surface area contributed by atoms with E-state index in [0.29, 0.717) is 29.8 Å². The fourth-order valence-electron chi connectivity index (χ4n) is 4.13. The molecule has 0 radical (unpaired) electrons. The highest BCUT2D eigenvalue weighted by Crippen LogP contribution is 2.36. The van der Waals surface area contributed by atoms with E-state index in [1.165, 1.54) is 7.11 Å². The number of amides is 2. The van der Waals surface area contributed by atoms with Crippen molar-refractivity contribution in [2.45, 2.75) is 33.1 Å². The Morgan fingerprint density at radius 3 is 2.37 bits per heavy atom. The van der Waals surface area contributed by atoms with Gasteiger partial charge in [-0.05, 0) is 69.9 Å². The maximum atomic E-state index is 12.9. The lowest BCUT2D eigenvalue weighted by Gasteiger charge is -2.23. The van der Waals surface area contributed by atoms with Gasteiger partial charge in [0.1, 0.15) is 0 Å². The summed E-state index contributed by atoms with van der Waals surface area (Å²) in [6, 6.07) is 12.7. The lowest BCUT2D eigenvalue weighted by atomic mass is 10.0. The summed E-state index contributed by atoms with van der Waals surface area (Å²) in [6.45, 7) is 5.18. The second kappa shape index (κ2) is 11.7. The molecule has 8 heteroatoms. The van der Waals surface area contributed by atoms with E-state index in [9.17, 15) is 14.4 Å². The highest BCUT2D eigenvalue weighted by Gasteiger charge is 2.28. The Hall–Kier alpha value is -3.65. The number of hydrogen-bond acceptors (Lipinski definition) is 6. The molecule has 0 saturated heterocycles. The Labute approximate surface area is 206 Å². The van der Waals surface area contributed by atoms with Crippen LogP contribution in [0, 0.1) is 0 Å². The fraction of sp³-hybridized carbons (Fsp3) is 0.370. The molecule has 0 bridgehead atoms. The summed E-state index contributed by atoms with van der Waals surface area (Å²) in [5.41, 5.74) is 4.76. The summed E-state index contributed by atoms with van der Waals surface area (Å²) in [5.74, 6) is -0.658. The molecule has 2 aromatic carbocycles. The van der Waals surface area contributed by atoms with Crippen molar-refractivity contribution in [1.82, 2.24) is 4.90 Å². The van der Waals surface area contributed by atoms with E-state index in [2.05, 4.69) is 22.5 Å². The van der Waals surface area contributed by atoms with Crippen LogP contribution in [-0.4, -0.2) is 57.0 Å². The molecule has 1 aliphatic heterocycles. The zero-order valence-corrected chi connectivity index (χ0v) is 21.1. The van der Waals surface area contributed by atoms with E-state index in [1.54, 1.807) is 30.0 Å². The molecule has 0 aliphatic carbocycles. The molecule has 2 amide bonds. The Bertz CT molecular complexity index is 1120. The number of allylic oxidation sites excluding steroid dienone is 1. The van der Waals surface area contributed by atoms with Gasteiger partial charge in [-0.1, -0.05) is 19.4 Å². The summed E-state index contributed by atoms with van der Waals surface area (Å²) < 4.78 is 4.79. The number of hydrogen-bond donors (Lipinski definition) is 2. The van der Waals surface area contributed by atoms with Crippen LogP contribution in [0.3, 0.4) is 0 Å². The lowest BCUT2D eigenvalue weighted by molar-refractivity contribution is -0.116. The zero-order chi connectivity index (χ0) is 25.5. The third-order valence-corrected chi connectivity index (χ3v) is 5.83. The highest BCUT2D eigenvalue weighted by atomic mass is 16.5. The Morgan fingerprint density at radius 2 is 1.77 bits per heavy atom. The van der Waals surface area contributed by atoms with Crippen LogP contribution in [0.15, 0.2) is 48.2 Å². The summed E-state index contributed by atoms with van der Waals surface area (Å²) >= 11 is 0. The van der Waals surface area contributed by atoms with Gasteiger partial charge in [-0.3, -0.25) is 9.59 Å². The first-order valence-corrected chi connectivity index (χ1v) is 11.8. The maximum absolute atomic E-state index is 12.9. The molecule has 0 aromatic heterocycles. The normalized spacial score (nSPS) is 13.8. The molecule has 8 nitrogen and oxygen atoms in total. The zero-order valence-electron chi connectivity index (χ0n) is 21.1. The van der Waals surface area contributed by atoms with Crippen LogP contribution in [0.5, 0.6) is 0 Å². The van der Waals surface area contributed by atoms with Crippen LogP contribution in [0.4, 0.5) is 17.1 Å². The predicted molar refractivity (Wildman–Crippen MR) is 140 cm³/mol. The topological polar surface area (TPSA) is 91.0 Å². The van der Waals surface area contributed by atoms with Gasteiger partial charge in [0.15, 0.2) is 0 Å². The number of anilines is 3. The summed E-state index contributed by atoms with van der Waals surface area (Å²) in [5, 5.41) is 6.28. The Balaban J connectivity index is 1.85. The average Bonchev–Trinajstić information content (AvgIpc) is 3.16. The van der Waals surface area contributed by atoms with Crippen LogP contribution < -0.4 is 15.5 Å². The minimum absolute atomic E-state index is 0.00353. The van der Waals surface area contributed by atoms with E-state index in [1.807, 2.05) is 38.4 Å². The van der Waals surface area contributed by atoms with Gasteiger partial charge in [0.05, 0.1) is 23.9 Å². The Morgan fingerprint density at radius 1 is 1.06 bits per heavy atom. The largest absolute Gasteiger partial charge is 0.465 e. The molecule has 1 heterocycles. The van der Waals surface area contributed by atoms with Crippen molar-refractivity contribution in [1.29, 1.82) is 0 Å². The molecule has 2 aromatic rings. The number of methoxy groups -OCH3 is 1. The quantitative estimate of drug-likeness (QED) is 0.390. The summed E-state index contributed by atoms with van der Waals surface area (Å²) in [6.07, 6.45) is 2.40. The molecule has 0 unspecified atom stereocenters. The van der Waals surface area contributed by atoms with Gasteiger partial charge in [0.2, 0.25) is 5.91 Å². The summed E-state index contributed by atoms with van der Waals surface area (Å²) in [7, 11) is 5.36. The third kappa shape index (κ3) is 6.27. The van der Waals surface area contributed by atoms with Gasteiger partial charge in [0.25, 0.3) is 5.91 Å². The van der Waals surface area contributed by atoms with Crippen LogP contribution in [0.1, 0.15) is 49.0 Å². The van der Waals surface area contributed by atoms with Gasteiger partial charge in [-0.2, -0.15) is 0 Å². The van der Waals surface area contributed by atoms with Gasteiger partial charge >= 0.3 is 5.97 Å². The van der Waals surface area contributed by atoms with Gasteiger partial charge in [-0.25, -0.2) is 4.79 Å². The van der Waals surface area contributed by atoms with E-state index in [4.69, 9.17) is 4.74 Å². The molecular weight excluding hydrogens is 444 g/mol. The van der Waals surface area contributed by atoms with Crippen molar-refractivity contribution >= 4 is 40.4 Å². The number of carbonyl (C=O) groups excluding carboxylic acids is 3. The van der Waals surface area contributed by atoms with Crippen molar-refractivity contribution in [3.05, 3.63) is 59.3 Å². The number of carbonyl (C=O) groups is 3. The first-order valence-electron chi connectivity index (χ1n) is 11.8. The number of benzene rings is 2. The van der Waals surface area contributed by atoms with Gasteiger partial charge in [-0.15, -0.1) is 0 Å². The molecule has 186 valence electrons. The third-order valence-electron chi connectivity index (χ3n) is 5.83. The van der Waals surface area contributed by atoms with Gasteiger partial charge in [0, 0.05) is 36.1 Å². The minimum atomic E-state index is -0.451. The molecule has 2 N–H and O–H groups in total. The van der Waals surface area contributed by atoms with Crippen LogP contribution in [0.25, 0.3) is 5.57 Å². The molecule has 35 heavy (non-hydrogen) atoms. The average molecular weight is 479 g/mol.